The van der Waals surface area contributed by atoms with E-state index in [-0.39, 0.29) is 6.04 Å². The van der Waals surface area contributed by atoms with Crippen molar-refractivity contribution in [2.24, 2.45) is 0 Å². The lowest BCUT2D eigenvalue weighted by molar-refractivity contribution is -0.117. The Hall–Kier alpha value is -1.84. The molecule has 2 rings (SSSR count). The zero-order valence-electron chi connectivity index (χ0n) is 10.4. The van der Waals surface area contributed by atoms with Crippen LogP contribution >= 0.6 is 0 Å². The van der Waals surface area contributed by atoms with Crippen molar-refractivity contribution < 1.29 is 14.3 Å². The summed E-state index contributed by atoms with van der Waals surface area (Å²) < 4.78 is 5.03. The van der Waals surface area contributed by atoms with E-state index < -0.39 is 11.7 Å². The summed E-state index contributed by atoms with van der Waals surface area (Å²) in [4.78, 5) is 23.7. The van der Waals surface area contributed by atoms with Crippen molar-refractivity contribution in [1.82, 2.24) is 5.32 Å². The van der Waals surface area contributed by atoms with Gasteiger partial charge >= 0.3 is 0 Å². The fourth-order valence-electron chi connectivity index (χ4n) is 2.22. The van der Waals surface area contributed by atoms with Gasteiger partial charge in [-0.15, -0.1) is 0 Å². The van der Waals surface area contributed by atoms with Gasteiger partial charge < -0.3 is 10.1 Å². The second-order valence-electron chi connectivity index (χ2n) is 4.52. The smallest absolute Gasteiger partial charge is 0.292 e. The van der Waals surface area contributed by atoms with Gasteiger partial charge in [-0.3, -0.25) is 9.59 Å². The maximum absolute atomic E-state index is 11.9. The number of hydrogen-bond acceptors (Lipinski definition) is 3. The molecule has 1 N–H and O–H groups in total. The van der Waals surface area contributed by atoms with Gasteiger partial charge in [0.15, 0.2) is 0 Å². The van der Waals surface area contributed by atoms with Gasteiger partial charge in [-0.05, 0) is 25.0 Å². The summed E-state index contributed by atoms with van der Waals surface area (Å²) in [6, 6.07) is 6.81. The molecule has 96 valence electrons. The number of carbonyl (C=O) groups excluding carboxylic acids is 2. The van der Waals surface area contributed by atoms with E-state index in [1.807, 2.05) is 0 Å². The zero-order chi connectivity index (χ0) is 13.0. The average Bonchev–Trinajstić information content (AvgIpc) is 2.90. The van der Waals surface area contributed by atoms with Crippen LogP contribution in [0.1, 0.15) is 36.0 Å². The number of ketones is 1. The van der Waals surface area contributed by atoms with Crippen molar-refractivity contribution in [2.75, 3.05) is 7.11 Å². The number of ether oxygens (including phenoxy) is 1. The van der Waals surface area contributed by atoms with Crippen LogP contribution in [0.15, 0.2) is 24.3 Å². The molecule has 1 amide bonds. The first-order valence-corrected chi connectivity index (χ1v) is 6.20. The molecule has 0 unspecified atom stereocenters. The quantitative estimate of drug-likeness (QED) is 0.653. The van der Waals surface area contributed by atoms with E-state index in [2.05, 4.69) is 5.32 Å². The molecule has 0 saturated heterocycles. The third kappa shape index (κ3) is 2.88. The topological polar surface area (TPSA) is 55.4 Å². The molecule has 1 aliphatic carbocycles. The maximum Gasteiger partial charge on any atom is 0.292 e. The zero-order valence-corrected chi connectivity index (χ0v) is 10.4. The van der Waals surface area contributed by atoms with Gasteiger partial charge in [0.2, 0.25) is 5.78 Å². The van der Waals surface area contributed by atoms with Crippen molar-refractivity contribution in [3.63, 3.8) is 0 Å². The summed E-state index contributed by atoms with van der Waals surface area (Å²) >= 11 is 0. The number of Topliss-reactive ketones (excluding diaryl/α,β-unsaturated/α-hetero) is 1. The van der Waals surface area contributed by atoms with Crippen LogP contribution in [-0.2, 0) is 4.79 Å². The summed E-state index contributed by atoms with van der Waals surface area (Å²) in [7, 11) is 1.53. The number of hydrogen-bond donors (Lipinski definition) is 1. The van der Waals surface area contributed by atoms with Crippen LogP contribution < -0.4 is 10.1 Å². The first-order chi connectivity index (χ1) is 8.70. The molecule has 0 atom stereocenters. The highest BCUT2D eigenvalue weighted by Crippen LogP contribution is 2.18. The number of amides is 1. The van der Waals surface area contributed by atoms with E-state index >= 15 is 0 Å². The lowest BCUT2D eigenvalue weighted by Crippen LogP contribution is -2.37. The monoisotopic (exact) mass is 247 g/mol. The molecule has 1 aromatic rings. The molecular weight excluding hydrogens is 230 g/mol. The minimum atomic E-state index is -0.518. The van der Waals surface area contributed by atoms with Crippen molar-refractivity contribution in [1.29, 1.82) is 0 Å². The average molecular weight is 247 g/mol. The van der Waals surface area contributed by atoms with Crippen LogP contribution in [0.4, 0.5) is 0 Å². The predicted octanol–water partition coefficient (Wildman–Crippen LogP) is 1.94. The third-order valence-electron chi connectivity index (χ3n) is 3.23. The van der Waals surface area contributed by atoms with E-state index in [4.69, 9.17) is 4.74 Å². The fourth-order valence-corrected chi connectivity index (χ4v) is 2.22. The molecular formula is C14H17NO3. The number of carbonyl (C=O) groups is 2. The first kappa shape index (κ1) is 12.6. The minimum absolute atomic E-state index is 0.159. The van der Waals surface area contributed by atoms with Crippen LogP contribution in [-0.4, -0.2) is 24.8 Å². The largest absolute Gasteiger partial charge is 0.497 e. The molecule has 0 aliphatic heterocycles. The van der Waals surface area contributed by atoms with E-state index in [0.717, 1.165) is 25.7 Å². The van der Waals surface area contributed by atoms with Gasteiger partial charge in [0.1, 0.15) is 5.75 Å². The van der Waals surface area contributed by atoms with Gasteiger partial charge in [-0.1, -0.05) is 25.0 Å². The second-order valence-corrected chi connectivity index (χ2v) is 4.52. The maximum atomic E-state index is 11.9. The summed E-state index contributed by atoms with van der Waals surface area (Å²) in [5.41, 5.74) is 0.366. The third-order valence-corrected chi connectivity index (χ3v) is 3.23. The van der Waals surface area contributed by atoms with E-state index in [1.54, 1.807) is 24.3 Å². The molecule has 1 saturated carbocycles. The summed E-state index contributed by atoms with van der Waals surface area (Å²) in [6.07, 6.45) is 4.19. The SMILES string of the molecule is COc1cccc(C(=O)C(=O)NC2CCCC2)c1. The Bertz CT molecular complexity index is 450. The molecule has 4 nitrogen and oxygen atoms in total. The Labute approximate surface area is 106 Å². The molecule has 0 spiro atoms. The fraction of sp³-hybridized carbons (Fsp3) is 0.429. The molecule has 0 aromatic heterocycles. The second kappa shape index (κ2) is 5.67. The van der Waals surface area contributed by atoms with Crippen LogP contribution in [0.5, 0.6) is 5.75 Å². The molecule has 0 heterocycles. The van der Waals surface area contributed by atoms with E-state index in [9.17, 15) is 9.59 Å². The Balaban J connectivity index is 2.02. The summed E-state index contributed by atoms with van der Waals surface area (Å²) in [5, 5.41) is 2.79. The Morgan fingerprint density at radius 3 is 2.67 bits per heavy atom. The molecule has 1 aliphatic rings. The molecule has 0 radical (unpaired) electrons. The number of methoxy groups -OCH3 is 1. The highest BCUT2D eigenvalue weighted by molar-refractivity contribution is 6.42. The minimum Gasteiger partial charge on any atom is -0.497 e. The van der Waals surface area contributed by atoms with Crippen LogP contribution in [0.25, 0.3) is 0 Å². The van der Waals surface area contributed by atoms with Crippen LogP contribution in [0.3, 0.4) is 0 Å². The van der Waals surface area contributed by atoms with Crippen LogP contribution in [0.2, 0.25) is 0 Å². The van der Waals surface area contributed by atoms with Gasteiger partial charge in [0, 0.05) is 11.6 Å². The van der Waals surface area contributed by atoms with Gasteiger partial charge in [-0.2, -0.15) is 0 Å². The molecule has 4 heteroatoms. The molecule has 18 heavy (non-hydrogen) atoms. The number of nitrogens with one attached hydrogen (secondary N) is 1. The predicted molar refractivity (Wildman–Crippen MR) is 67.7 cm³/mol. The van der Waals surface area contributed by atoms with E-state index in [1.165, 1.54) is 7.11 Å². The Morgan fingerprint density at radius 1 is 1.28 bits per heavy atom. The van der Waals surface area contributed by atoms with Gasteiger partial charge in [-0.25, -0.2) is 0 Å². The normalized spacial score (nSPS) is 15.4. The first-order valence-electron chi connectivity index (χ1n) is 6.20. The van der Waals surface area contributed by atoms with E-state index in [0.29, 0.717) is 11.3 Å². The number of benzene rings is 1. The Kier molecular flexibility index (Phi) is 3.97. The summed E-state index contributed by atoms with van der Waals surface area (Å²) in [5.74, 6) is -0.439. The van der Waals surface area contributed by atoms with Crippen molar-refractivity contribution in [2.45, 2.75) is 31.7 Å². The van der Waals surface area contributed by atoms with Gasteiger partial charge in [0.05, 0.1) is 7.11 Å². The highest BCUT2D eigenvalue weighted by Gasteiger charge is 2.22. The molecule has 0 bridgehead atoms. The molecule has 1 aromatic carbocycles. The van der Waals surface area contributed by atoms with Crippen LogP contribution in [0, 0.1) is 0 Å². The van der Waals surface area contributed by atoms with Crippen molar-refractivity contribution >= 4 is 11.7 Å². The molecule has 1 fully saturated rings. The summed E-state index contributed by atoms with van der Waals surface area (Å²) in [6.45, 7) is 0. The lowest BCUT2D eigenvalue weighted by atomic mass is 10.1. The lowest BCUT2D eigenvalue weighted by Gasteiger charge is -2.11. The standard InChI is InChI=1S/C14H17NO3/c1-18-12-8-4-5-10(9-12)13(16)14(17)15-11-6-2-3-7-11/h4-5,8-9,11H,2-3,6-7H2,1H3,(H,15,17). The number of rotatable bonds is 4. The Morgan fingerprint density at radius 2 is 2.00 bits per heavy atom. The van der Waals surface area contributed by atoms with Gasteiger partial charge in [0.25, 0.3) is 5.91 Å². The van der Waals surface area contributed by atoms with Crippen molar-refractivity contribution in [3.05, 3.63) is 29.8 Å². The highest BCUT2D eigenvalue weighted by atomic mass is 16.5. The van der Waals surface area contributed by atoms with Crippen molar-refractivity contribution in [3.8, 4) is 5.75 Å².